The van der Waals surface area contributed by atoms with E-state index in [-0.39, 0.29) is 57.8 Å². The van der Waals surface area contributed by atoms with Crippen molar-refractivity contribution in [3.63, 3.8) is 0 Å². The number of esters is 2. The number of hydrogen-bond acceptors (Lipinski definition) is 12. The minimum atomic E-state index is -0.469. The highest BCUT2D eigenvalue weighted by Gasteiger charge is 2.38. The van der Waals surface area contributed by atoms with Crippen molar-refractivity contribution in [3.05, 3.63) is 85.0 Å². The second-order valence-corrected chi connectivity index (χ2v) is 32.5. The van der Waals surface area contributed by atoms with Crippen LogP contribution in [0.4, 0.5) is 0 Å². The second-order valence-electron chi connectivity index (χ2n) is 31.6. The van der Waals surface area contributed by atoms with Gasteiger partial charge in [0, 0.05) is 78.6 Å². The molecule has 0 spiro atoms. The molecule has 9 unspecified atom stereocenters. The lowest BCUT2D eigenvalue weighted by Crippen LogP contribution is -2.52. The van der Waals surface area contributed by atoms with Gasteiger partial charge in [-0.25, -0.2) is 9.59 Å². The Bertz CT molecular complexity index is 2610. The summed E-state index contributed by atoms with van der Waals surface area (Å²) in [4.78, 5) is 83.5. The molecule has 103 heavy (non-hydrogen) atoms. The number of hydrogen-bond donors (Lipinski definition) is 6. The number of carbonyl (C=O) groups excluding carboxylic acids is 7. The molecule has 3 heterocycles. The van der Waals surface area contributed by atoms with E-state index in [4.69, 9.17) is 32.7 Å². The number of rotatable bonds is 16. The number of nitrogens with zero attached hydrogens (tertiary/aromatic N) is 2. The van der Waals surface area contributed by atoms with Crippen molar-refractivity contribution in [2.24, 2.45) is 29.6 Å². The van der Waals surface area contributed by atoms with Crippen LogP contribution in [-0.2, 0) is 43.0 Å². The number of nitrogens with one attached hydrogen (secondary N) is 6. The maximum absolute atomic E-state index is 12.1. The van der Waals surface area contributed by atoms with Crippen molar-refractivity contribution in [2.45, 2.75) is 339 Å². The van der Waals surface area contributed by atoms with Crippen molar-refractivity contribution in [1.82, 2.24) is 41.7 Å². The molecule has 0 radical (unpaired) electrons. The molecule has 9 atom stereocenters. The quantitative estimate of drug-likeness (QED) is 0.0629. The molecule has 11 aliphatic rings. The van der Waals surface area contributed by atoms with Gasteiger partial charge >= 0.3 is 11.9 Å². The van der Waals surface area contributed by atoms with Crippen LogP contribution in [-0.4, -0.2) is 145 Å². The Morgan fingerprint density at radius 1 is 0.417 bits per heavy atom. The number of carbonyl (C=O) groups is 7. The summed E-state index contributed by atoms with van der Waals surface area (Å²) in [6, 6.07) is 3.76. The molecule has 11 rings (SSSR count). The van der Waals surface area contributed by atoms with E-state index in [9.17, 15) is 33.6 Å². The summed E-state index contributed by atoms with van der Waals surface area (Å²) in [7, 11) is 1.90. The summed E-state index contributed by atoms with van der Waals surface area (Å²) in [5, 5.41) is 19.8. The molecular formula is C84H138Cl2N8O9. The van der Waals surface area contributed by atoms with Crippen molar-refractivity contribution in [3.8, 4) is 0 Å². The zero-order chi connectivity index (χ0) is 75.2. The van der Waals surface area contributed by atoms with Gasteiger partial charge in [0.15, 0.2) is 0 Å². The molecular weight excluding hydrogens is 1340 g/mol. The minimum absolute atomic E-state index is 0.00823. The normalized spacial score (nSPS) is 27.7. The van der Waals surface area contributed by atoms with Crippen LogP contribution in [0.1, 0.15) is 278 Å². The van der Waals surface area contributed by atoms with E-state index in [0.29, 0.717) is 65.1 Å². The summed E-state index contributed by atoms with van der Waals surface area (Å²) in [5.74, 6) is 3.72. The molecule has 8 saturated carbocycles. The molecule has 0 bridgehead atoms. The summed E-state index contributed by atoms with van der Waals surface area (Å²) in [6.45, 7) is 36.3. The number of ether oxygens (including phenoxy) is 2. The molecule has 19 heteroatoms. The highest BCUT2D eigenvalue weighted by atomic mass is 35.5. The van der Waals surface area contributed by atoms with E-state index in [1.165, 1.54) is 173 Å². The molecule has 582 valence electrons. The van der Waals surface area contributed by atoms with Crippen LogP contribution in [0, 0.1) is 29.6 Å². The first-order chi connectivity index (χ1) is 49.4. The number of halogens is 2. The molecule has 5 amide bonds. The number of likely N-dealkylation sites (N-methyl/N-ethyl adjacent to an activating group) is 2. The van der Waals surface area contributed by atoms with Gasteiger partial charge in [-0.1, -0.05) is 133 Å². The smallest absolute Gasteiger partial charge is 0.349 e. The van der Waals surface area contributed by atoms with E-state index in [1.807, 2.05) is 23.8 Å². The molecule has 0 aromatic carbocycles. The summed E-state index contributed by atoms with van der Waals surface area (Å²) >= 11 is 10.8. The van der Waals surface area contributed by atoms with Gasteiger partial charge < -0.3 is 51.2 Å². The zero-order valence-corrected chi connectivity index (χ0v) is 66.0. The summed E-state index contributed by atoms with van der Waals surface area (Å²) < 4.78 is 10.3. The molecule has 6 N–H and O–H groups in total. The Morgan fingerprint density at radius 3 is 1.26 bits per heavy atom. The monoisotopic (exact) mass is 1470 g/mol. The number of amides is 5. The lowest BCUT2D eigenvalue weighted by Gasteiger charge is -2.43. The summed E-state index contributed by atoms with van der Waals surface area (Å²) in [5.41, 5.74) is 1.77. The van der Waals surface area contributed by atoms with Gasteiger partial charge in [0.1, 0.15) is 17.2 Å². The summed E-state index contributed by atoms with van der Waals surface area (Å²) in [6.07, 6.45) is 50.8. The minimum Gasteiger partial charge on any atom is -0.459 e. The Kier molecular flexibility index (Phi) is 42.1. The molecule has 0 aromatic rings. The fraction of sp³-hybridized carbons (Fsp3) is 0.750. The van der Waals surface area contributed by atoms with Crippen LogP contribution >= 0.6 is 23.2 Å². The Morgan fingerprint density at radius 2 is 0.816 bits per heavy atom. The highest BCUT2D eigenvalue weighted by Crippen LogP contribution is 2.39. The lowest BCUT2D eigenvalue weighted by molar-refractivity contribution is -0.146. The molecule has 3 aliphatic heterocycles. The first-order valence-electron chi connectivity index (χ1n) is 40.4. The van der Waals surface area contributed by atoms with Crippen LogP contribution in [0.2, 0.25) is 0 Å². The van der Waals surface area contributed by atoms with Crippen molar-refractivity contribution < 1.29 is 43.0 Å². The van der Waals surface area contributed by atoms with Crippen LogP contribution in [0.25, 0.3) is 0 Å². The maximum atomic E-state index is 12.1. The van der Waals surface area contributed by atoms with E-state index in [2.05, 4.69) is 84.9 Å². The average Bonchev–Trinajstić information content (AvgIpc) is 0.863. The lowest BCUT2D eigenvalue weighted by atomic mass is 9.72. The zero-order valence-electron chi connectivity index (χ0n) is 64.5. The SMILES string of the molecule is C=C(C)C(=O)N(CC)C1CCC2CCCNC2C1.C=C(C)C(=O)NC1CCC2CCCNC2C1.C=C(C)C(=O)OC1CCCCC1.C=C(Cl)C(=O)NC1CCCCC1.C=C(Cl)C(=O)OC1CCCCC1.C=CC(=O)N(C)C1CCC2CCCNC2C1.C=CC(=O)NC1CCC(C2CCCCC2)CC1. The van der Waals surface area contributed by atoms with Gasteiger partial charge in [0.25, 0.3) is 5.91 Å². The van der Waals surface area contributed by atoms with Gasteiger partial charge in [0.2, 0.25) is 23.6 Å². The van der Waals surface area contributed by atoms with Crippen LogP contribution in [0.15, 0.2) is 85.0 Å². The van der Waals surface area contributed by atoms with Gasteiger partial charge in [-0.05, 0) is 275 Å². The third-order valence-electron chi connectivity index (χ3n) is 23.6. The van der Waals surface area contributed by atoms with E-state index in [0.717, 1.165) is 146 Å². The predicted molar refractivity (Wildman–Crippen MR) is 421 cm³/mol. The average molecular weight is 1470 g/mol. The van der Waals surface area contributed by atoms with Crippen molar-refractivity contribution >= 4 is 64.7 Å². The fourth-order valence-corrected chi connectivity index (χ4v) is 17.7. The molecule has 3 saturated heterocycles. The molecule has 17 nitrogen and oxygen atoms in total. The maximum Gasteiger partial charge on any atom is 0.349 e. The second kappa shape index (κ2) is 49.0. The Hall–Kier alpha value is -5.07. The Balaban J connectivity index is 0.000000217. The Labute approximate surface area is 632 Å². The fourth-order valence-electron chi connectivity index (χ4n) is 17.6. The number of fused-ring (bicyclic) bond motifs is 3. The third-order valence-corrected chi connectivity index (χ3v) is 24.0. The molecule has 0 aromatic heterocycles. The molecule has 8 aliphatic carbocycles. The van der Waals surface area contributed by atoms with Gasteiger partial charge in [-0.15, -0.1) is 0 Å². The van der Waals surface area contributed by atoms with Crippen molar-refractivity contribution in [2.75, 3.05) is 33.2 Å². The van der Waals surface area contributed by atoms with E-state index >= 15 is 0 Å². The molecule has 11 fully saturated rings. The van der Waals surface area contributed by atoms with Gasteiger partial charge in [-0.3, -0.25) is 24.0 Å². The standard InChI is InChI=1S/C15H26N2O.C15H25NO.2C13H22N2O.C10H16O2.C9H14ClNO.C9H13ClO2/c1-4-17(15(18)11(2)3)13-8-7-12-6-5-9-16-14(12)10-13;1-2-15(17)16-14-10-8-13(9-11-14)12-6-4-3-5-7-12;1-9(2)13(16)15-11-6-5-10-4-3-7-14-12(10)8-11;1-3-13(16)15(2)11-7-6-10-5-4-8-14-12(10)9-11;1-8(2)10(11)12-9-6-4-3-5-7-9;1-7(10)9(12)11-8-5-3-2-4-6-8;1-7(10)9(11)12-8-5-3-2-4-6-8/h12-14,16H,2,4-10H2,1,3H3;2,12-14H,1,3-11H2,(H,16,17);10-12,14H,1,3-8H2,2H3,(H,15,16);3,10-12,14H,1,4-9H2,2H3;9H,1,3-7H2,2H3;8H,1-6H2,(H,11,12);8H,1-6H2. The van der Waals surface area contributed by atoms with Crippen LogP contribution in [0.3, 0.4) is 0 Å². The van der Waals surface area contributed by atoms with Crippen molar-refractivity contribution in [1.29, 1.82) is 0 Å². The topological polar surface area (TPSA) is 217 Å². The van der Waals surface area contributed by atoms with Crippen LogP contribution in [0.5, 0.6) is 0 Å². The van der Waals surface area contributed by atoms with Gasteiger partial charge in [-0.2, -0.15) is 0 Å². The first kappa shape index (κ1) is 88.6. The van der Waals surface area contributed by atoms with Gasteiger partial charge in [0.05, 0.1) is 5.03 Å². The first-order valence-corrected chi connectivity index (χ1v) is 41.2. The van der Waals surface area contributed by atoms with E-state index in [1.54, 1.807) is 13.8 Å². The van der Waals surface area contributed by atoms with Crippen LogP contribution < -0.4 is 31.9 Å². The highest BCUT2D eigenvalue weighted by molar-refractivity contribution is 6.41. The number of piperidine rings is 3. The van der Waals surface area contributed by atoms with E-state index < -0.39 is 5.97 Å². The third kappa shape index (κ3) is 32.9. The predicted octanol–water partition coefficient (Wildman–Crippen LogP) is 16.2. The largest absolute Gasteiger partial charge is 0.459 e.